The highest BCUT2D eigenvalue weighted by Gasteiger charge is 2.34. The van der Waals surface area contributed by atoms with Gasteiger partial charge in [0.1, 0.15) is 0 Å². The van der Waals surface area contributed by atoms with Gasteiger partial charge in [-0.05, 0) is 42.9 Å². The van der Waals surface area contributed by atoms with Crippen molar-refractivity contribution in [2.75, 3.05) is 13.1 Å². The maximum atomic E-state index is 12.3. The van der Waals surface area contributed by atoms with E-state index in [-0.39, 0.29) is 36.1 Å². The average molecular weight is 376 g/mol. The van der Waals surface area contributed by atoms with Gasteiger partial charge in [0.2, 0.25) is 0 Å². The molecule has 1 aliphatic rings. The Morgan fingerprint density at radius 2 is 1.81 bits per heavy atom. The van der Waals surface area contributed by atoms with Gasteiger partial charge in [0.05, 0.1) is 12.6 Å². The third-order valence-corrected chi connectivity index (χ3v) is 5.33. The molecule has 6 nitrogen and oxygen atoms in total. The van der Waals surface area contributed by atoms with E-state index in [0.29, 0.717) is 6.54 Å². The van der Waals surface area contributed by atoms with Crippen LogP contribution in [-0.2, 0) is 10.2 Å². The molecule has 1 aliphatic carbocycles. The van der Waals surface area contributed by atoms with E-state index >= 15 is 0 Å². The number of nitrogens with one attached hydrogen (secondary N) is 2. The van der Waals surface area contributed by atoms with E-state index in [9.17, 15) is 9.59 Å². The highest BCUT2D eigenvalue weighted by atomic mass is 16.4. The number of carboxylic acids is 1. The second-order valence-corrected chi connectivity index (χ2v) is 8.49. The summed E-state index contributed by atoms with van der Waals surface area (Å²) >= 11 is 0. The fourth-order valence-corrected chi connectivity index (χ4v) is 3.46. The zero-order chi connectivity index (χ0) is 20.2. The van der Waals surface area contributed by atoms with Crippen LogP contribution in [0.5, 0.6) is 0 Å². The predicted molar refractivity (Wildman–Crippen MR) is 107 cm³/mol. The second-order valence-electron chi connectivity index (χ2n) is 8.49. The van der Waals surface area contributed by atoms with Gasteiger partial charge in [-0.2, -0.15) is 0 Å². The summed E-state index contributed by atoms with van der Waals surface area (Å²) in [5.74, 6) is -0.808. The van der Waals surface area contributed by atoms with Gasteiger partial charge in [0.15, 0.2) is 0 Å². The lowest BCUT2D eigenvalue weighted by atomic mass is 9.85. The topological polar surface area (TPSA) is 81.7 Å². The molecule has 0 aromatic heterocycles. The Morgan fingerprint density at radius 1 is 1.22 bits per heavy atom. The lowest BCUT2D eigenvalue weighted by Gasteiger charge is -2.42. The highest BCUT2D eigenvalue weighted by Crippen LogP contribution is 2.26. The van der Waals surface area contributed by atoms with Crippen LogP contribution in [0.1, 0.15) is 64.6 Å². The number of hydrogen-bond acceptors (Lipinski definition) is 3. The number of aliphatic carboxylic acids is 1. The molecule has 27 heavy (non-hydrogen) atoms. The van der Waals surface area contributed by atoms with Crippen LogP contribution >= 0.6 is 0 Å². The van der Waals surface area contributed by atoms with Crippen molar-refractivity contribution in [3.8, 4) is 0 Å². The molecule has 6 heteroatoms. The van der Waals surface area contributed by atoms with Gasteiger partial charge in [-0.25, -0.2) is 4.79 Å². The molecular weight excluding hydrogens is 342 g/mol. The van der Waals surface area contributed by atoms with Crippen molar-refractivity contribution in [2.45, 2.75) is 71.0 Å². The number of carbonyl (C=O) groups excluding carboxylic acids is 1. The number of likely N-dealkylation sites (N-methyl/N-ethyl adjacent to an activating group) is 1. The quantitative estimate of drug-likeness (QED) is 0.683. The third-order valence-electron chi connectivity index (χ3n) is 5.33. The summed E-state index contributed by atoms with van der Waals surface area (Å²) < 4.78 is 0. The summed E-state index contributed by atoms with van der Waals surface area (Å²) in [6, 6.07) is 8.45. The fourth-order valence-electron chi connectivity index (χ4n) is 3.46. The van der Waals surface area contributed by atoms with E-state index in [4.69, 9.17) is 5.11 Å². The van der Waals surface area contributed by atoms with Crippen molar-refractivity contribution < 1.29 is 14.7 Å². The number of urea groups is 1. The Kier molecular flexibility index (Phi) is 6.87. The van der Waals surface area contributed by atoms with E-state index in [2.05, 4.69) is 55.7 Å². The molecule has 0 heterocycles. The monoisotopic (exact) mass is 375 g/mol. The predicted octanol–water partition coefficient (Wildman–Crippen LogP) is 3.28. The summed E-state index contributed by atoms with van der Waals surface area (Å²) in [5.41, 5.74) is 2.45. The zero-order valence-electron chi connectivity index (χ0n) is 17.1. The van der Waals surface area contributed by atoms with Crippen LogP contribution in [0.15, 0.2) is 24.3 Å². The van der Waals surface area contributed by atoms with Crippen LogP contribution in [0, 0.1) is 0 Å². The Morgan fingerprint density at radius 3 is 2.30 bits per heavy atom. The highest BCUT2D eigenvalue weighted by molar-refractivity contribution is 5.75. The van der Waals surface area contributed by atoms with Crippen LogP contribution < -0.4 is 10.6 Å². The van der Waals surface area contributed by atoms with Crippen LogP contribution in [0.25, 0.3) is 0 Å². The molecule has 1 saturated carbocycles. The van der Waals surface area contributed by atoms with Crippen LogP contribution in [0.3, 0.4) is 0 Å². The van der Waals surface area contributed by atoms with Crippen molar-refractivity contribution in [3.63, 3.8) is 0 Å². The largest absolute Gasteiger partial charge is 0.480 e. The third kappa shape index (κ3) is 5.96. The van der Waals surface area contributed by atoms with E-state index in [0.717, 1.165) is 18.4 Å². The number of amides is 2. The van der Waals surface area contributed by atoms with E-state index in [1.807, 2.05) is 18.7 Å². The summed E-state index contributed by atoms with van der Waals surface area (Å²) in [6.07, 6.45) is 1.59. The summed E-state index contributed by atoms with van der Waals surface area (Å²) in [5, 5.41) is 14.9. The molecule has 1 fully saturated rings. The molecule has 1 aromatic rings. The zero-order valence-corrected chi connectivity index (χ0v) is 17.1. The standard InChI is InChI=1S/C21H33N3O3/c1-6-24(13-19(25)26)18-11-17(12-18)23-20(27)22-14(2)15-7-9-16(10-8-15)21(3,4)5/h7-10,14,17-18H,6,11-13H2,1-5H3,(H,25,26)(H2,22,23,27). The van der Waals surface area contributed by atoms with Gasteiger partial charge in [0.25, 0.3) is 0 Å². The molecule has 1 unspecified atom stereocenters. The molecule has 0 aliphatic heterocycles. The summed E-state index contributed by atoms with van der Waals surface area (Å²) in [4.78, 5) is 25.1. The molecular formula is C21H33N3O3. The van der Waals surface area contributed by atoms with Crippen molar-refractivity contribution in [1.29, 1.82) is 0 Å². The van der Waals surface area contributed by atoms with Gasteiger partial charge in [0, 0.05) is 12.1 Å². The lowest BCUT2D eigenvalue weighted by Crippen LogP contribution is -2.56. The van der Waals surface area contributed by atoms with Gasteiger partial charge in [-0.15, -0.1) is 0 Å². The Labute approximate surface area is 162 Å². The van der Waals surface area contributed by atoms with Crippen molar-refractivity contribution in [1.82, 2.24) is 15.5 Å². The Hall–Kier alpha value is -2.08. The molecule has 3 N–H and O–H groups in total. The lowest BCUT2D eigenvalue weighted by molar-refractivity contribution is -0.139. The van der Waals surface area contributed by atoms with Crippen LogP contribution in [-0.4, -0.2) is 47.2 Å². The Balaban J connectivity index is 1.78. The smallest absolute Gasteiger partial charge is 0.317 e. The number of rotatable bonds is 7. The van der Waals surface area contributed by atoms with Crippen LogP contribution in [0.2, 0.25) is 0 Å². The first-order valence-electron chi connectivity index (χ1n) is 9.73. The van der Waals surface area contributed by atoms with Gasteiger partial charge in [-0.3, -0.25) is 9.69 Å². The first-order valence-corrected chi connectivity index (χ1v) is 9.73. The van der Waals surface area contributed by atoms with Gasteiger partial charge >= 0.3 is 12.0 Å². The number of carboxylic acid groups (broad SMARTS) is 1. The van der Waals surface area contributed by atoms with E-state index in [1.54, 1.807) is 0 Å². The molecule has 150 valence electrons. The fraction of sp³-hybridized carbons (Fsp3) is 0.619. The molecule has 2 amide bonds. The number of hydrogen-bond donors (Lipinski definition) is 3. The van der Waals surface area contributed by atoms with Crippen LogP contribution in [0.4, 0.5) is 4.79 Å². The molecule has 1 aromatic carbocycles. The second kappa shape index (κ2) is 8.74. The molecule has 0 bridgehead atoms. The van der Waals surface area contributed by atoms with Crippen molar-refractivity contribution in [2.24, 2.45) is 0 Å². The van der Waals surface area contributed by atoms with E-state index in [1.165, 1.54) is 5.56 Å². The maximum absolute atomic E-state index is 12.3. The van der Waals surface area contributed by atoms with Crippen molar-refractivity contribution >= 4 is 12.0 Å². The van der Waals surface area contributed by atoms with Crippen molar-refractivity contribution in [3.05, 3.63) is 35.4 Å². The molecule has 0 saturated heterocycles. The SMILES string of the molecule is CCN(CC(=O)O)C1CC(NC(=O)NC(C)c2ccc(C(C)(C)C)cc2)C1. The summed E-state index contributed by atoms with van der Waals surface area (Å²) in [7, 11) is 0. The normalized spacial score (nSPS) is 20.7. The van der Waals surface area contributed by atoms with Gasteiger partial charge < -0.3 is 15.7 Å². The molecule has 1 atom stereocenters. The molecule has 0 radical (unpaired) electrons. The maximum Gasteiger partial charge on any atom is 0.317 e. The Bertz CT molecular complexity index is 646. The number of nitrogens with zero attached hydrogens (tertiary/aromatic N) is 1. The van der Waals surface area contributed by atoms with E-state index < -0.39 is 5.97 Å². The first-order chi connectivity index (χ1) is 12.6. The average Bonchev–Trinajstić information content (AvgIpc) is 2.55. The molecule has 0 spiro atoms. The number of benzene rings is 1. The first kappa shape index (κ1) is 21.2. The number of carbonyl (C=O) groups is 2. The minimum Gasteiger partial charge on any atom is -0.480 e. The summed E-state index contributed by atoms with van der Waals surface area (Å²) in [6.45, 7) is 11.2. The minimum atomic E-state index is -0.808. The minimum absolute atomic E-state index is 0.0572. The van der Waals surface area contributed by atoms with Gasteiger partial charge in [-0.1, -0.05) is 52.0 Å². The molecule has 2 rings (SSSR count).